The third-order valence-corrected chi connectivity index (χ3v) is 8.10. The SMILES string of the molecule is CC[C@]1(C(=O)c2ccc(Br)cc2)[C@H]2c3cc(Br)ccc3OC(=O)[C@@]21C(=O)NCc1ccccc1. The summed E-state index contributed by atoms with van der Waals surface area (Å²) >= 11 is 6.89. The second kappa shape index (κ2) is 8.47. The van der Waals surface area contributed by atoms with Gasteiger partial charge in [0.25, 0.3) is 0 Å². The fourth-order valence-electron chi connectivity index (χ4n) is 5.51. The predicted octanol–water partition coefficient (Wildman–Crippen LogP) is 5.81. The third kappa shape index (κ3) is 3.21. The molecule has 1 heterocycles. The largest absolute Gasteiger partial charge is 0.425 e. The van der Waals surface area contributed by atoms with Crippen molar-refractivity contribution in [3.8, 4) is 5.75 Å². The summed E-state index contributed by atoms with van der Waals surface area (Å²) in [6.45, 7) is 2.10. The fraction of sp³-hybridized carbons (Fsp3) is 0.222. The molecule has 1 fully saturated rings. The number of halogens is 2. The molecule has 0 spiro atoms. The van der Waals surface area contributed by atoms with Crippen molar-refractivity contribution in [3.63, 3.8) is 0 Å². The zero-order valence-corrected chi connectivity index (χ0v) is 21.5. The minimum atomic E-state index is -1.63. The molecule has 0 radical (unpaired) electrons. The summed E-state index contributed by atoms with van der Waals surface area (Å²) in [6.07, 6.45) is 0.312. The zero-order chi connectivity index (χ0) is 24.1. The fourth-order valence-corrected chi connectivity index (χ4v) is 6.15. The average molecular weight is 583 g/mol. The molecule has 0 aromatic heterocycles. The van der Waals surface area contributed by atoms with Gasteiger partial charge < -0.3 is 10.1 Å². The highest BCUT2D eigenvalue weighted by molar-refractivity contribution is 9.10. The van der Waals surface area contributed by atoms with Crippen LogP contribution < -0.4 is 10.1 Å². The molecule has 2 aliphatic rings. The summed E-state index contributed by atoms with van der Waals surface area (Å²) in [7, 11) is 0. The lowest BCUT2D eigenvalue weighted by molar-refractivity contribution is -0.149. The number of rotatable bonds is 6. The number of nitrogens with one attached hydrogen (secondary N) is 1. The first-order valence-electron chi connectivity index (χ1n) is 11.0. The molecule has 3 atom stereocenters. The van der Waals surface area contributed by atoms with E-state index in [2.05, 4.69) is 37.2 Å². The average Bonchev–Trinajstić information content (AvgIpc) is 3.50. The summed E-state index contributed by atoms with van der Waals surface area (Å²) in [5.41, 5.74) is -0.826. The normalized spacial score (nSPS) is 24.4. The van der Waals surface area contributed by atoms with Crippen LogP contribution in [-0.2, 0) is 16.1 Å². The van der Waals surface area contributed by atoms with Crippen LogP contribution >= 0.6 is 31.9 Å². The van der Waals surface area contributed by atoms with Crippen LogP contribution in [0.15, 0.2) is 81.7 Å². The Labute approximate surface area is 214 Å². The Kier molecular flexibility index (Phi) is 5.73. The summed E-state index contributed by atoms with van der Waals surface area (Å²) < 4.78 is 7.33. The highest BCUT2D eigenvalue weighted by Crippen LogP contribution is 2.80. The van der Waals surface area contributed by atoms with Gasteiger partial charge in [0.05, 0.1) is 5.41 Å². The van der Waals surface area contributed by atoms with Gasteiger partial charge in [-0.15, -0.1) is 0 Å². The van der Waals surface area contributed by atoms with Crippen LogP contribution in [0.25, 0.3) is 0 Å². The monoisotopic (exact) mass is 581 g/mol. The minimum Gasteiger partial charge on any atom is -0.425 e. The van der Waals surface area contributed by atoms with Crippen LogP contribution in [0.5, 0.6) is 5.75 Å². The highest BCUT2D eigenvalue weighted by atomic mass is 79.9. The lowest BCUT2D eigenvalue weighted by Gasteiger charge is -2.24. The quantitative estimate of drug-likeness (QED) is 0.172. The van der Waals surface area contributed by atoms with E-state index in [-0.39, 0.29) is 12.3 Å². The number of carbonyl (C=O) groups excluding carboxylic acids is 3. The third-order valence-electron chi connectivity index (χ3n) is 7.08. The van der Waals surface area contributed by atoms with Crippen LogP contribution in [0, 0.1) is 10.8 Å². The van der Waals surface area contributed by atoms with Crippen LogP contribution in [-0.4, -0.2) is 17.7 Å². The Morgan fingerprint density at radius 3 is 2.32 bits per heavy atom. The summed E-state index contributed by atoms with van der Waals surface area (Å²) in [6, 6.07) is 21.8. The molecule has 1 amide bonds. The van der Waals surface area contributed by atoms with Crippen molar-refractivity contribution < 1.29 is 19.1 Å². The van der Waals surface area contributed by atoms with Gasteiger partial charge in [0.1, 0.15) is 5.75 Å². The maximum absolute atomic E-state index is 14.0. The van der Waals surface area contributed by atoms with Crippen molar-refractivity contribution >= 4 is 49.5 Å². The number of esters is 1. The van der Waals surface area contributed by atoms with Gasteiger partial charge in [-0.1, -0.05) is 81.2 Å². The lowest BCUT2D eigenvalue weighted by Crippen LogP contribution is -2.45. The molecular weight excluding hydrogens is 562 g/mol. The first-order valence-corrected chi connectivity index (χ1v) is 12.6. The van der Waals surface area contributed by atoms with E-state index in [9.17, 15) is 14.4 Å². The molecule has 0 unspecified atom stereocenters. The van der Waals surface area contributed by atoms with Gasteiger partial charge in [0.15, 0.2) is 11.2 Å². The number of benzene rings is 3. The molecule has 172 valence electrons. The van der Waals surface area contributed by atoms with Gasteiger partial charge in [-0.25, -0.2) is 0 Å². The second-order valence-electron chi connectivity index (χ2n) is 8.64. The number of amides is 1. The van der Waals surface area contributed by atoms with Gasteiger partial charge >= 0.3 is 5.97 Å². The highest BCUT2D eigenvalue weighted by Gasteiger charge is 2.89. The van der Waals surface area contributed by atoms with Crippen LogP contribution in [0.4, 0.5) is 0 Å². The number of Topliss-reactive ketones (excluding diaryl/α,β-unsaturated/α-hetero) is 1. The van der Waals surface area contributed by atoms with E-state index in [1.807, 2.05) is 43.3 Å². The van der Waals surface area contributed by atoms with Crippen LogP contribution in [0.3, 0.4) is 0 Å². The van der Waals surface area contributed by atoms with Crippen LogP contribution in [0.1, 0.15) is 40.7 Å². The van der Waals surface area contributed by atoms with E-state index in [4.69, 9.17) is 4.74 Å². The number of ketones is 1. The molecule has 5 nitrogen and oxygen atoms in total. The summed E-state index contributed by atoms with van der Waals surface area (Å²) in [4.78, 5) is 41.4. The molecule has 3 aromatic carbocycles. The predicted molar refractivity (Wildman–Crippen MR) is 134 cm³/mol. The van der Waals surface area contributed by atoms with Gasteiger partial charge in [0, 0.05) is 32.5 Å². The van der Waals surface area contributed by atoms with E-state index in [0.29, 0.717) is 23.3 Å². The Bertz CT molecular complexity index is 1310. The van der Waals surface area contributed by atoms with E-state index >= 15 is 0 Å². The van der Waals surface area contributed by atoms with Gasteiger partial charge in [-0.2, -0.15) is 0 Å². The van der Waals surface area contributed by atoms with Crippen molar-refractivity contribution in [2.75, 3.05) is 0 Å². The second-order valence-corrected chi connectivity index (χ2v) is 10.5. The maximum Gasteiger partial charge on any atom is 0.328 e. The minimum absolute atomic E-state index is 0.230. The number of carbonyl (C=O) groups is 3. The van der Waals surface area contributed by atoms with Gasteiger partial charge in [-0.3, -0.25) is 14.4 Å². The van der Waals surface area contributed by atoms with E-state index < -0.39 is 28.6 Å². The molecule has 1 saturated carbocycles. The number of ether oxygens (including phenoxy) is 1. The zero-order valence-electron chi connectivity index (χ0n) is 18.3. The topological polar surface area (TPSA) is 72.5 Å². The Hall–Kier alpha value is -2.77. The van der Waals surface area contributed by atoms with Gasteiger partial charge in [0.2, 0.25) is 5.91 Å². The maximum atomic E-state index is 14.0. The molecule has 1 aliphatic carbocycles. The Morgan fingerprint density at radius 2 is 1.65 bits per heavy atom. The standard InChI is InChI=1S/C27H21Br2NO4/c1-2-26(23(31)17-8-10-18(28)11-9-17)22-20-14-19(29)12-13-21(20)34-25(33)27(22,26)24(32)30-15-16-6-4-3-5-7-16/h3-14,22H,2,15H2,1H3,(H,30,32)/t22-,26-,27+/m1/s1. The molecule has 5 rings (SSSR count). The molecule has 34 heavy (non-hydrogen) atoms. The Balaban J connectivity index is 1.62. The molecular formula is C27H21Br2NO4. The molecule has 3 aromatic rings. The summed E-state index contributed by atoms with van der Waals surface area (Å²) in [5.74, 6) is -1.61. The van der Waals surface area contributed by atoms with Crippen molar-refractivity contribution in [3.05, 3.63) is 98.4 Å². The van der Waals surface area contributed by atoms with Crippen molar-refractivity contribution in [1.29, 1.82) is 0 Å². The van der Waals surface area contributed by atoms with Crippen molar-refractivity contribution in [2.45, 2.75) is 25.8 Å². The molecule has 7 heteroatoms. The van der Waals surface area contributed by atoms with Crippen molar-refractivity contribution in [2.24, 2.45) is 10.8 Å². The molecule has 0 saturated heterocycles. The van der Waals surface area contributed by atoms with Gasteiger partial charge in [-0.05, 0) is 42.3 Å². The van der Waals surface area contributed by atoms with E-state index in [1.165, 1.54) is 0 Å². The lowest BCUT2D eigenvalue weighted by atomic mass is 9.82. The van der Waals surface area contributed by atoms with E-state index in [1.54, 1.807) is 36.4 Å². The number of hydrogen-bond donors (Lipinski definition) is 1. The summed E-state index contributed by atoms with van der Waals surface area (Å²) in [5, 5.41) is 2.92. The molecule has 1 aliphatic heterocycles. The van der Waals surface area contributed by atoms with Crippen molar-refractivity contribution in [1.82, 2.24) is 5.32 Å². The molecule has 1 N–H and O–H groups in total. The molecule has 0 bridgehead atoms. The van der Waals surface area contributed by atoms with E-state index in [0.717, 1.165) is 14.5 Å². The first kappa shape index (κ1) is 23.0. The first-order chi connectivity index (χ1) is 16.4. The smallest absolute Gasteiger partial charge is 0.328 e. The number of fused-ring (bicyclic) bond motifs is 3. The van der Waals surface area contributed by atoms with Crippen LogP contribution in [0.2, 0.25) is 0 Å². The number of hydrogen-bond acceptors (Lipinski definition) is 4. The Morgan fingerprint density at radius 1 is 0.971 bits per heavy atom.